The molecule has 1 saturated heterocycles. The van der Waals surface area contributed by atoms with Gasteiger partial charge in [-0.3, -0.25) is 9.59 Å². The van der Waals surface area contributed by atoms with E-state index in [4.69, 9.17) is 4.74 Å². The maximum absolute atomic E-state index is 12.9. The standard InChI is InChI=1S/C20H22N4O5S/c1-23-7-9-24(10-8-23)30(27,28)16-4-2-3-15(12-16)21-20(26)14-5-6-18-17(11-14)22-19(25)13-29-18/h2-6,11-12H,7-10,13H2,1H3,(H,21,26)(H,22,25). The molecular formula is C20H22N4O5S. The number of carbonyl (C=O) groups is 2. The number of piperazine rings is 1. The quantitative estimate of drug-likeness (QED) is 0.755. The van der Waals surface area contributed by atoms with Crippen molar-refractivity contribution in [3.63, 3.8) is 0 Å². The van der Waals surface area contributed by atoms with Gasteiger partial charge < -0.3 is 20.3 Å². The predicted molar refractivity (Wildman–Crippen MR) is 111 cm³/mol. The summed E-state index contributed by atoms with van der Waals surface area (Å²) >= 11 is 0. The van der Waals surface area contributed by atoms with Crippen molar-refractivity contribution >= 4 is 33.2 Å². The number of nitrogens with one attached hydrogen (secondary N) is 2. The van der Waals surface area contributed by atoms with E-state index >= 15 is 0 Å². The molecule has 2 aliphatic rings. The Morgan fingerprint density at radius 2 is 1.87 bits per heavy atom. The fourth-order valence-electron chi connectivity index (χ4n) is 3.34. The van der Waals surface area contributed by atoms with Crippen LogP contribution in [0.3, 0.4) is 0 Å². The van der Waals surface area contributed by atoms with E-state index in [0.717, 1.165) is 0 Å². The van der Waals surface area contributed by atoms with Crippen molar-refractivity contribution in [1.82, 2.24) is 9.21 Å². The Bertz CT molecular complexity index is 1090. The number of benzene rings is 2. The molecule has 2 aliphatic heterocycles. The van der Waals surface area contributed by atoms with Crippen molar-refractivity contribution in [3.05, 3.63) is 48.0 Å². The number of nitrogens with zero attached hydrogens (tertiary/aromatic N) is 2. The molecule has 0 saturated carbocycles. The first-order valence-corrected chi connectivity index (χ1v) is 10.9. The number of carbonyl (C=O) groups excluding carboxylic acids is 2. The van der Waals surface area contributed by atoms with Crippen LogP contribution >= 0.6 is 0 Å². The molecule has 4 rings (SSSR count). The number of amides is 2. The first-order valence-electron chi connectivity index (χ1n) is 9.50. The highest BCUT2D eigenvalue weighted by Gasteiger charge is 2.27. The fourth-order valence-corrected chi connectivity index (χ4v) is 4.81. The summed E-state index contributed by atoms with van der Waals surface area (Å²) in [7, 11) is -1.68. The SMILES string of the molecule is CN1CCN(S(=O)(=O)c2cccc(NC(=O)c3ccc4c(c3)NC(=O)CO4)c2)CC1. The van der Waals surface area contributed by atoms with E-state index in [0.29, 0.717) is 48.9 Å². The average Bonchev–Trinajstić information content (AvgIpc) is 2.73. The Labute approximate surface area is 174 Å². The highest BCUT2D eigenvalue weighted by atomic mass is 32.2. The van der Waals surface area contributed by atoms with Gasteiger partial charge in [0.05, 0.1) is 10.6 Å². The van der Waals surface area contributed by atoms with E-state index in [2.05, 4.69) is 15.5 Å². The third-order valence-corrected chi connectivity index (χ3v) is 6.96. The first-order chi connectivity index (χ1) is 14.3. The van der Waals surface area contributed by atoms with Crippen molar-refractivity contribution in [2.45, 2.75) is 4.90 Å². The van der Waals surface area contributed by atoms with E-state index < -0.39 is 15.9 Å². The van der Waals surface area contributed by atoms with Gasteiger partial charge in [-0.15, -0.1) is 0 Å². The van der Waals surface area contributed by atoms with Gasteiger partial charge in [-0.2, -0.15) is 4.31 Å². The van der Waals surface area contributed by atoms with Crippen molar-refractivity contribution < 1.29 is 22.7 Å². The van der Waals surface area contributed by atoms with Gasteiger partial charge in [0.1, 0.15) is 5.75 Å². The molecule has 2 aromatic rings. The molecule has 2 N–H and O–H groups in total. The van der Waals surface area contributed by atoms with Gasteiger partial charge in [0.25, 0.3) is 11.8 Å². The summed E-state index contributed by atoms with van der Waals surface area (Å²) in [5.41, 5.74) is 1.10. The topological polar surface area (TPSA) is 108 Å². The third kappa shape index (κ3) is 4.16. The van der Waals surface area contributed by atoms with Crippen LogP contribution in [0.25, 0.3) is 0 Å². The molecule has 0 aliphatic carbocycles. The van der Waals surface area contributed by atoms with E-state index in [-0.39, 0.29) is 17.4 Å². The lowest BCUT2D eigenvalue weighted by Gasteiger charge is -2.31. The zero-order chi connectivity index (χ0) is 21.3. The van der Waals surface area contributed by atoms with Crippen molar-refractivity contribution in [2.75, 3.05) is 50.5 Å². The Kier molecular flexibility index (Phi) is 5.46. The first kappa shape index (κ1) is 20.3. The zero-order valence-electron chi connectivity index (χ0n) is 16.4. The van der Waals surface area contributed by atoms with Crippen molar-refractivity contribution in [3.8, 4) is 5.75 Å². The summed E-state index contributed by atoms with van der Waals surface area (Å²) < 4.78 is 32.6. The predicted octanol–water partition coefficient (Wildman–Crippen LogP) is 1.21. The minimum absolute atomic E-state index is 0.0624. The molecular weight excluding hydrogens is 408 g/mol. The molecule has 2 amide bonds. The normalized spacial score (nSPS) is 17.6. The number of likely N-dealkylation sites (N-methyl/N-ethyl adjacent to an activating group) is 1. The minimum Gasteiger partial charge on any atom is -0.482 e. The van der Waals surface area contributed by atoms with Crippen LogP contribution in [0.4, 0.5) is 11.4 Å². The van der Waals surface area contributed by atoms with Crippen LogP contribution in [-0.4, -0.2) is 69.3 Å². The lowest BCUT2D eigenvalue weighted by atomic mass is 10.1. The number of fused-ring (bicyclic) bond motifs is 1. The van der Waals surface area contributed by atoms with E-state index in [9.17, 15) is 18.0 Å². The van der Waals surface area contributed by atoms with Crippen molar-refractivity contribution in [1.29, 1.82) is 0 Å². The summed E-state index contributed by atoms with van der Waals surface area (Å²) in [6.45, 7) is 2.15. The molecule has 158 valence electrons. The van der Waals surface area contributed by atoms with Gasteiger partial charge >= 0.3 is 0 Å². The third-order valence-electron chi connectivity index (χ3n) is 5.07. The lowest BCUT2D eigenvalue weighted by molar-refractivity contribution is -0.118. The Morgan fingerprint density at radius 1 is 1.10 bits per heavy atom. The molecule has 0 radical (unpaired) electrons. The molecule has 0 spiro atoms. The number of hydrogen-bond donors (Lipinski definition) is 2. The highest BCUT2D eigenvalue weighted by molar-refractivity contribution is 7.89. The van der Waals surface area contributed by atoms with Crippen LogP contribution in [0.15, 0.2) is 47.4 Å². The molecule has 30 heavy (non-hydrogen) atoms. The summed E-state index contributed by atoms with van der Waals surface area (Å²) in [5.74, 6) is -0.222. The van der Waals surface area contributed by atoms with Gasteiger partial charge in [0.15, 0.2) is 6.61 Å². The highest BCUT2D eigenvalue weighted by Crippen LogP contribution is 2.29. The van der Waals surface area contributed by atoms with Crippen LogP contribution in [0, 0.1) is 0 Å². The van der Waals surface area contributed by atoms with Crippen LogP contribution in [0.5, 0.6) is 5.75 Å². The van der Waals surface area contributed by atoms with Crippen LogP contribution in [-0.2, 0) is 14.8 Å². The smallest absolute Gasteiger partial charge is 0.262 e. The monoisotopic (exact) mass is 430 g/mol. The number of ether oxygens (including phenoxy) is 1. The maximum Gasteiger partial charge on any atom is 0.262 e. The Morgan fingerprint density at radius 3 is 2.63 bits per heavy atom. The second-order valence-corrected chi connectivity index (χ2v) is 9.18. The van der Waals surface area contributed by atoms with Gasteiger partial charge in [0.2, 0.25) is 10.0 Å². The van der Waals surface area contributed by atoms with Crippen LogP contribution < -0.4 is 15.4 Å². The Balaban J connectivity index is 1.51. The molecule has 2 aromatic carbocycles. The lowest BCUT2D eigenvalue weighted by Crippen LogP contribution is -2.47. The number of anilines is 2. The molecule has 10 heteroatoms. The molecule has 0 bridgehead atoms. The summed E-state index contributed by atoms with van der Waals surface area (Å²) in [6, 6.07) is 10.9. The van der Waals surface area contributed by atoms with Crippen LogP contribution in [0.2, 0.25) is 0 Å². The van der Waals surface area contributed by atoms with E-state index in [1.54, 1.807) is 24.3 Å². The van der Waals surface area contributed by atoms with Crippen molar-refractivity contribution in [2.24, 2.45) is 0 Å². The number of hydrogen-bond acceptors (Lipinski definition) is 6. The molecule has 9 nitrogen and oxygen atoms in total. The van der Waals surface area contributed by atoms with Gasteiger partial charge in [-0.1, -0.05) is 6.07 Å². The van der Waals surface area contributed by atoms with Gasteiger partial charge in [0, 0.05) is 37.4 Å². The molecule has 0 unspecified atom stereocenters. The van der Waals surface area contributed by atoms with Gasteiger partial charge in [-0.25, -0.2) is 8.42 Å². The largest absolute Gasteiger partial charge is 0.482 e. The van der Waals surface area contributed by atoms with E-state index in [1.807, 2.05) is 7.05 Å². The number of sulfonamides is 1. The fraction of sp³-hybridized carbons (Fsp3) is 0.300. The van der Waals surface area contributed by atoms with Gasteiger partial charge in [-0.05, 0) is 43.4 Å². The summed E-state index contributed by atoms with van der Waals surface area (Å²) in [5, 5.41) is 5.37. The second kappa shape index (κ2) is 8.05. The molecule has 0 aromatic heterocycles. The minimum atomic E-state index is -3.64. The Hall–Kier alpha value is -2.95. The van der Waals surface area contributed by atoms with E-state index in [1.165, 1.54) is 22.5 Å². The molecule has 0 atom stereocenters. The molecule has 2 heterocycles. The average molecular weight is 430 g/mol. The second-order valence-electron chi connectivity index (χ2n) is 7.24. The summed E-state index contributed by atoms with van der Waals surface area (Å²) in [4.78, 5) is 26.3. The van der Waals surface area contributed by atoms with Crippen LogP contribution in [0.1, 0.15) is 10.4 Å². The number of rotatable bonds is 4. The molecule has 1 fully saturated rings. The summed E-state index contributed by atoms with van der Waals surface area (Å²) in [6.07, 6.45) is 0. The maximum atomic E-state index is 12.9. The zero-order valence-corrected chi connectivity index (χ0v) is 17.2.